The van der Waals surface area contributed by atoms with E-state index in [1.54, 1.807) is 0 Å². The van der Waals surface area contributed by atoms with E-state index in [2.05, 4.69) is 149 Å². The van der Waals surface area contributed by atoms with Crippen molar-refractivity contribution >= 4 is 46.6 Å². The largest absolute Gasteiger partial charge is 0.454 e. The maximum atomic E-state index is 6.84. The first-order chi connectivity index (χ1) is 18.7. The van der Waals surface area contributed by atoms with E-state index >= 15 is 0 Å². The highest BCUT2D eigenvalue weighted by Crippen LogP contribution is 2.50. The predicted molar refractivity (Wildman–Crippen MR) is 171 cm³/mol. The standard InChI is InChI=1S/C36H37NOSi/c1-8-14-24(9-2)37(25-21-22-27-26-15-10-11-18-30(26)36(3,4)31(27)23-25)32-19-12-16-28-29-17-13-20-33(39(5,6)7)35(29)38-34(28)32/h8-23H,1-7H3. The first kappa shape index (κ1) is 25.5. The number of nitrogens with zero attached hydrogens (tertiary/aromatic N) is 1. The molecule has 0 saturated heterocycles. The van der Waals surface area contributed by atoms with Crippen LogP contribution in [0.4, 0.5) is 11.4 Å². The minimum atomic E-state index is -1.60. The van der Waals surface area contributed by atoms with Gasteiger partial charge in [0.05, 0.1) is 13.8 Å². The number of anilines is 2. The highest BCUT2D eigenvalue weighted by molar-refractivity contribution is 6.90. The Morgan fingerprint density at radius 2 is 1.46 bits per heavy atom. The van der Waals surface area contributed by atoms with Gasteiger partial charge in [-0.2, -0.15) is 0 Å². The van der Waals surface area contributed by atoms with Gasteiger partial charge in [0.1, 0.15) is 5.58 Å². The Kier molecular flexibility index (Phi) is 5.96. The van der Waals surface area contributed by atoms with Crippen LogP contribution in [0, 0.1) is 0 Å². The van der Waals surface area contributed by atoms with Crippen molar-refractivity contribution in [3.05, 3.63) is 114 Å². The van der Waals surface area contributed by atoms with Crippen molar-refractivity contribution in [1.29, 1.82) is 0 Å². The zero-order valence-corrected chi connectivity index (χ0v) is 25.1. The fraction of sp³-hybridized carbons (Fsp3) is 0.222. The maximum absolute atomic E-state index is 6.84. The molecule has 2 nitrogen and oxygen atoms in total. The summed E-state index contributed by atoms with van der Waals surface area (Å²) in [6.45, 7) is 16.0. The quantitative estimate of drug-likeness (QED) is 0.167. The fourth-order valence-electron chi connectivity index (χ4n) is 6.30. The summed E-state index contributed by atoms with van der Waals surface area (Å²) >= 11 is 0. The van der Waals surface area contributed by atoms with Gasteiger partial charge in [-0.25, -0.2) is 0 Å². The minimum absolute atomic E-state index is 0.0676. The fourth-order valence-corrected chi connectivity index (χ4v) is 7.76. The SMILES string of the molecule is CC=CC(=CC)N(c1ccc2c(c1)C(C)(C)c1ccccc1-2)c1cccc2c1oc1c([Si](C)(C)C)cccc12. The van der Waals surface area contributed by atoms with Crippen LogP contribution >= 0.6 is 0 Å². The summed E-state index contributed by atoms with van der Waals surface area (Å²) in [6.07, 6.45) is 6.47. The Balaban J connectivity index is 1.62. The molecule has 0 amide bonds. The first-order valence-corrected chi connectivity index (χ1v) is 17.4. The van der Waals surface area contributed by atoms with Crippen molar-refractivity contribution < 1.29 is 4.42 Å². The number of para-hydroxylation sites is 2. The molecule has 0 atom stereocenters. The van der Waals surface area contributed by atoms with Gasteiger partial charge in [0.25, 0.3) is 0 Å². The molecule has 1 heterocycles. The molecule has 1 aromatic heterocycles. The predicted octanol–water partition coefficient (Wildman–Crippen LogP) is 10.1. The molecule has 3 heteroatoms. The number of fused-ring (bicyclic) bond motifs is 6. The van der Waals surface area contributed by atoms with Gasteiger partial charge in [-0.1, -0.05) is 106 Å². The van der Waals surface area contributed by atoms with Crippen LogP contribution in [0.5, 0.6) is 0 Å². The van der Waals surface area contributed by atoms with Gasteiger partial charge in [0, 0.05) is 27.6 Å². The zero-order valence-electron chi connectivity index (χ0n) is 24.1. The van der Waals surface area contributed by atoms with E-state index in [0.717, 1.165) is 33.6 Å². The Bertz CT molecular complexity index is 1790. The summed E-state index contributed by atoms with van der Waals surface area (Å²) in [5, 5.41) is 3.73. The van der Waals surface area contributed by atoms with E-state index in [1.807, 2.05) is 0 Å². The van der Waals surface area contributed by atoms with Crippen LogP contribution < -0.4 is 10.1 Å². The lowest BCUT2D eigenvalue weighted by atomic mass is 9.82. The summed E-state index contributed by atoms with van der Waals surface area (Å²) in [4.78, 5) is 2.36. The summed E-state index contributed by atoms with van der Waals surface area (Å²) < 4.78 is 6.84. The molecule has 0 bridgehead atoms. The van der Waals surface area contributed by atoms with Crippen molar-refractivity contribution in [2.75, 3.05) is 4.90 Å². The lowest BCUT2D eigenvalue weighted by Crippen LogP contribution is -2.37. The molecule has 0 saturated carbocycles. The maximum Gasteiger partial charge on any atom is 0.159 e. The van der Waals surface area contributed by atoms with Crippen LogP contribution in [0.2, 0.25) is 19.6 Å². The summed E-state index contributed by atoms with van der Waals surface area (Å²) in [7, 11) is -1.60. The van der Waals surface area contributed by atoms with Crippen molar-refractivity contribution in [2.24, 2.45) is 0 Å². The first-order valence-electron chi connectivity index (χ1n) is 13.9. The number of allylic oxidation sites excluding steroid dienone is 3. The van der Waals surface area contributed by atoms with E-state index in [4.69, 9.17) is 4.42 Å². The van der Waals surface area contributed by atoms with E-state index in [1.165, 1.54) is 32.8 Å². The Morgan fingerprint density at radius 1 is 0.769 bits per heavy atom. The van der Waals surface area contributed by atoms with E-state index in [9.17, 15) is 0 Å². The number of benzene rings is 4. The normalized spacial score (nSPS) is 14.8. The van der Waals surface area contributed by atoms with Gasteiger partial charge >= 0.3 is 0 Å². The molecule has 0 spiro atoms. The third-order valence-corrected chi connectivity index (χ3v) is 10.3. The molecular formula is C36H37NOSi. The summed E-state index contributed by atoms with van der Waals surface area (Å²) in [5.74, 6) is 0. The third-order valence-electron chi connectivity index (χ3n) is 8.27. The molecule has 0 fully saturated rings. The zero-order chi connectivity index (χ0) is 27.5. The van der Waals surface area contributed by atoms with E-state index in [0.29, 0.717) is 0 Å². The number of furan rings is 1. The van der Waals surface area contributed by atoms with Crippen LogP contribution in [0.25, 0.3) is 33.1 Å². The van der Waals surface area contributed by atoms with Crippen LogP contribution in [-0.4, -0.2) is 8.07 Å². The molecule has 0 radical (unpaired) electrons. The van der Waals surface area contributed by atoms with Gasteiger partial charge in [0.15, 0.2) is 5.58 Å². The smallest absolute Gasteiger partial charge is 0.159 e. The Hall–Kier alpha value is -3.82. The van der Waals surface area contributed by atoms with Gasteiger partial charge < -0.3 is 9.32 Å². The highest BCUT2D eigenvalue weighted by Gasteiger charge is 2.36. The third kappa shape index (κ3) is 3.91. The Labute approximate surface area is 233 Å². The molecule has 0 N–H and O–H groups in total. The van der Waals surface area contributed by atoms with Gasteiger partial charge in [-0.3, -0.25) is 0 Å². The van der Waals surface area contributed by atoms with E-state index < -0.39 is 8.07 Å². The van der Waals surface area contributed by atoms with Gasteiger partial charge in [0.2, 0.25) is 0 Å². The molecule has 0 aliphatic heterocycles. The number of rotatable bonds is 5. The molecule has 1 aliphatic rings. The van der Waals surface area contributed by atoms with Crippen LogP contribution in [-0.2, 0) is 5.41 Å². The monoisotopic (exact) mass is 527 g/mol. The van der Waals surface area contributed by atoms with Gasteiger partial charge in [-0.05, 0) is 65.6 Å². The molecular weight excluding hydrogens is 490 g/mol. The average Bonchev–Trinajstić information content (AvgIpc) is 3.41. The molecule has 196 valence electrons. The Morgan fingerprint density at radius 3 is 2.18 bits per heavy atom. The summed E-state index contributed by atoms with van der Waals surface area (Å²) in [5.41, 5.74) is 10.6. The van der Waals surface area contributed by atoms with Crippen molar-refractivity contribution in [3.63, 3.8) is 0 Å². The molecule has 5 aromatic rings. The molecule has 0 unspecified atom stereocenters. The topological polar surface area (TPSA) is 16.4 Å². The van der Waals surface area contributed by atoms with Gasteiger partial charge in [-0.15, -0.1) is 0 Å². The van der Waals surface area contributed by atoms with Crippen molar-refractivity contribution in [1.82, 2.24) is 0 Å². The molecule has 1 aliphatic carbocycles. The van der Waals surface area contributed by atoms with Crippen LogP contribution in [0.3, 0.4) is 0 Å². The minimum Gasteiger partial charge on any atom is -0.454 e. The lowest BCUT2D eigenvalue weighted by Gasteiger charge is -2.28. The lowest BCUT2D eigenvalue weighted by molar-refractivity contribution is 0.660. The number of hydrogen-bond donors (Lipinski definition) is 0. The highest BCUT2D eigenvalue weighted by atomic mass is 28.3. The van der Waals surface area contributed by atoms with Crippen LogP contribution in [0.1, 0.15) is 38.8 Å². The second-order valence-electron chi connectivity index (χ2n) is 12.1. The summed E-state index contributed by atoms with van der Waals surface area (Å²) in [6, 6.07) is 29.0. The second kappa shape index (κ2) is 9.13. The molecule has 39 heavy (non-hydrogen) atoms. The van der Waals surface area contributed by atoms with Crippen molar-refractivity contribution in [3.8, 4) is 11.1 Å². The second-order valence-corrected chi connectivity index (χ2v) is 17.2. The van der Waals surface area contributed by atoms with Crippen molar-refractivity contribution in [2.45, 2.75) is 52.8 Å². The number of hydrogen-bond acceptors (Lipinski definition) is 2. The molecule has 6 rings (SSSR count). The molecule has 4 aromatic carbocycles. The average molecular weight is 528 g/mol. The van der Waals surface area contributed by atoms with Crippen LogP contribution in [0.15, 0.2) is 107 Å². The van der Waals surface area contributed by atoms with E-state index in [-0.39, 0.29) is 5.41 Å².